The molecular formula is C15H14O5. The van der Waals surface area contributed by atoms with Crippen LogP contribution >= 0.6 is 0 Å². The molecule has 0 aliphatic heterocycles. The molecule has 1 saturated carbocycles. The molecule has 5 nitrogen and oxygen atoms in total. The SMILES string of the molecule is COc1ccc(C(=O)O)c(OC2C(=O)C3C=CC2C3)c1. The maximum absolute atomic E-state index is 12.1. The van der Waals surface area contributed by atoms with Gasteiger partial charge in [-0.15, -0.1) is 0 Å². The number of benzene rings is 1. The van der Waals surface area contributed by atoms with Crippen LogP contribution in [0, 0.1) is 11.8 Å². The van der Waals surface area contributed by atoms with Gasteiger partial charge in [0.2, 0.25) is 0 Å². The van der Waals surface area contributed by atoms with Crippen molar-refractivity contribution in [1.29, 1.82) is 0 Å². The molecule has 3 rings (SSSR count). The van der Waals surface area contributed by atoms with E-state index in [1.807, 2.05) is 12.2 Å². The summed E-state index contributed by atoms with van der Waals surface area (Å²) in [7, 11) is 1.49. The number of carbonyl (C=O) groups is 2. The van der Waals surface area contributed by atoms with Crippen LogP contribution in [0.1, 0.15) is 16.8 Å². The van der Waals surface area contributed by atoms with Crippen LogP contribution in [0.25, 0.3) is 0 Å². The van der Waals surface area contributed by atoms with Crippen molar-refractivity contribution in [2.45, 2.75) is 12.5 Å². The summed E-state index contributed by atoms with van der Waals surface area (Å²) >= 11 is 0. The Morgan fingerprint density at radius 1 is 1.35 bits per heavy atom. The maximum Gasteiger partial charge on any atom is 0.339 e. The van der Waals surface area contributed by atoms with Gasteiger partial charge in [-0.25, -0.2) is 4.79 Å². The molecule has 0 amide bonds. The fourth-order valence-electron chi connectivity index (χ4n) is 2.77. The quantitative estimate of drug-likeness (QED) is 0.849. The van der Waals surface area contributed by atoms with Crippen molar-refractivity contribution in [3.8, 4) is 11.5 Å². The minimum atomic E-state index is -1.09. The van der Waals surface area contributed by atoms with E-state index >= 15 is 0 Å². The Hall–Kier alpha value is -2.30. The van der Waals surface area contributed by atoms with Gasteiger partial charge in [0.15, 0.2) is 11.9 Å². The highest BCUT2D eigenvalue weighted by atomic mass is 16.5. The lowest BCUT2D eigenvalue weighted by molar-refractivity contribution is -0.126. The zero-order valence-electron chi connectivity index (χ0n) is 10.9. The largest absolute Gasteiger partial charge is 0.497 e. The van der Waals surface area contributed by atoms with Crippen molar-refractivity contribution in [1.82, 2.24) is 0 Å². The summed E-state index contributed by atoms with van der Waals surface area (Å²) < 4.78 is 10.8. The van der Waals surface area contributed by atoms with Crippen molar-refractivity contribution in [2.24, 2.45) is 11.8 Å². The van der Waals surface area contributed by atoms with Gasteiger partial charge >= 0.3 is 5.97 Å². The number of rotatable bonds is 4. The number of methoxy groups -OCH3 is 1. The number of aromatic carboxylic acids is 1. The standard InChI is InChI=1S/C15H14O5/c1-19-10-4-5-11(15(17)18)12(7-10)20-14-9-3-2-8(6-9)13(14)16/h2-5,7-9,14H,6H2,1H3,(H,17,18). The van der Waals surface area contributed by atoms with Crippen molar-refractivity contribution in [3.63, 3.8) is 0 Å². The van der Waals surface area contributed by atoms with E-state index in [4.69, 9.17) is 9.47 Å². The number of ketones is 1. The number of carboxylic acid groups (broad SMARTS) is 1. The van der Waals surface area contributed by atoms with Gasteiger partial charge in [0.1, 0.15) is 17.1 Å². The highest BCUT2D eigenvalue weighted by Crippen LogP contribution is 2.39. The zero-order chi connectivity index (χ0) is 14.3. The van der Waals surface area contributed by atoms with E-state index in [2.05, 4.69) is 0 Å². The average Bonchev–Trinajstić information content (AvgIpc) is 3.02. The van der Waals surface area contributed by atoms with Crippen molar-refractivity contribution in [3.05, 3.63) is 35.9 Å². The second-order valence-corrected chi connectivity index (χ2v) is 5.00. The van der Waals surface area contributed by atoms with E-state index in [-0.39, 0.29) is 28.9 Å². The monoisotopic (exact) mass is 274 g/mol. The molecule has 0 aromatic heterocycles. The number of carboxylic acids is 1. The van der Waals surface area contributed by atoms with Crippen LogP contribution in [0.3, 0.4) is 0 Å². The van der Waals surface area contributed by atoms with Crippen LogP contribution in [0.4, 0.5) is 0 Å². The number of Topliss-reactive ketones (excluding diaryl/α,β-unsaturated/α-hetero) is 1. The molecule has 0 spiro atoms. The van der Waals surface area contributed by atoms with Gasteiger partial charge in [-0.2, -0.15) is 0 Å². The zero-order valence-corrected chi connectivity index (χ0v) is 10.9. The molecule has 1 aromatic rings. The highest BCUT2D eigenvalue weighted by molar-refractivity contribution is 5.93. The summed E-state index contributed by atoms with van der Waals surface area (Å²) in [5.74, 6) is -0.429. The first-order valence-corrected chi connectivity index (χ1v) is 6.40. The topological polar surface area (TPSA) is 72.8 Å². The van der Waals surface area contributed by atoms with Crippen molar-refractivity contribution in [2.75, 3.05) is 7.11 Å². The normalized spacial score (nSPS) is 26.9. The van der Waals surface area contributed by atoms with Crippen LogP contribution in [0.2, 0.25) is 0 Å². The molecule has 3 atom stereocenters. The average molecular weight is 274 g/mol. The fraction of sp³-hybridized carbons (Fsp3) is 0.333. The van der Waals surface area contributed by atoms with Crippen LogP contribution < -0.4 is 9.47 Å². The van der Waals surface area contributed by atoms with Crippen LogP contribution in [-0.2, 0) is 4.79 Å². The summed E-state index contributed by atoms with van der Waals surface area (Å²) in [6.07, 6.45) is 4.04. The molecule has 0 heterocycles. The Labute approximate surface area is 115 Å². The Balaban J connectivity index is 1.91. The fourth-order valence-corrected chi connectivity index (χ4v) is 2.77. The molecule has 5 heteroatoms. The molecule has 0 saturated heterocycles. The third kappa shape index (κ3) is 1.95. The first-order chi connectivity index (χ1) is 9.60. The first-order valence-electron chi connectivity index (χ1n) is 6.40. The third-order valence-corrected chi connectivity index (χ3v) is 3.82. The lowest BCUT2D eigenvalue weighted by Crippen LogP contribution is -2.31. The number of hydrogen-bond acceptors (Lipinski definition) is 4. The minimum Gasteiger partial charge on any atom is -0.497 e. The first kappa shape index (κ1) is 12.7. The van der Waals surface area contributed by atoms with Gasteiger partial charge < -0.3 is 14.6 Å². The third-order valence-electron chi connectivity index (χ3n) is 3.82. The second-order valence-electron chi connectivity index (χ2n) is 5.00. The Kier molecular flexibility index (Phi) is 2.97. The number of fused-ring (bicyclic) bond motifs is 2. The number of allylic oxidation sites excluding steroid dienone is 1. The molecule has 2 aliphatic carbocycles. The van der Waals surface area contributed by atoms with Gasteiger partial charge in [-0.1, -0.05) is 12.2 Å². The molecule has 3 unspecified atom stereocenters. The van der Waals surface area contributed by atoms with Crippen molar-refractivity contribution < 1.29 is 24.2 Å². The van der Waals surface area contributed by atoms with Gasteiger partial charge in [-0.05, 0) is 18.6 Å². The molecule has 2 bridgehead atoms. The lowest BCUT2D eigenvalue weighted by Gasteiger charge is -2.20. The predicted molar refractivity (Wildman–Crippen MR) is 70.1 cm³/mol. The van der Waals surface area contributed by atoms with Crippen LogP contribution in [0.15, 0.2) is 30.4 Å². The molecular weight excluding hydrogens is 260 g/mol. The molecule has 0 radical (unpaired) electrons. The van der Waals surface area contributed by atoms with Crippen molar-refractivity contribution >= 4 is 11.8 Å². The minimum absolute atomic E-state index is 0.0247. The molecule has 2 aliphatic rings. The molecule has 1 N–H and O–H groups in total. The lowest BCUT2D eigenvalue weighted by atomic mass is 10.0. The van der Waals surface area contributed by atoms with E-state index in [0.717, 1.165) is 6.42 Å². The van der Waals surface area contributed by atoms with Crippen LogP contribution in [-0.4, -0.2) is 30.1 Å². The Morgan fingerprint density at radius 3 is 2.75 bits per heavy atom. The molecule has 1 fully saturated rings. The Morgan fingerprint density at radius 2 is 2.15 bits per heavy atom. The summed E-state index contributed by atoms with van der Waals surface area (Å²) in [6.45, 7) is 0. The van der Waals surface area contributed by atoms with E-state index < -0.39 is 12.1 Å². The molecule has 104 valence electrons. The van der Waals surface area contributed by atoms with Crippen LogP contribution in [0.5, 0.6) is 11.5 Å². The predicted octanol–water partition coefficient (Wildman–Crippen LogP) is 1.92. The summed E-state index contributed by atoms with van der Waals surface area (Å²) in [6, 6.07) is 4.48. The smallest absolute Gasteiger partial charge is 0.339 e. The maximum atomic E-state index is 12.1. The summed E-state index contributed by atoms with van der Waals surface area (Å²) in [5.41, 5.74) is 0.0327. The van der Waals surface area contributed by atoms with E-state index in [1.165, 1.54) is 19.2 Å². The van der Waals surface area contributed by atoms with Gasteiger partial charge in [-0.3, -0.25) is 4.79 Å². The van der Waals surface area contributed by atoms with Gasteiger partial charge in [0.05, 0.1) is 7.11 Å². The summed E-state index contributed by atoms with van der Waals surface area (Å²) in [4.78, 5) is 23.3. The van der Waals surface area contributed by atoms with E-state index in [9.17, 15) is 14.7 Å². The number of ether oxygens (including phenoxy) is 2. The Bertz CT molecular complexity index is 604. The van der Waals surface area contributed by atoms with E-state index in [0.29, 0.717) is 5.75 Å². The van der Waals surface area contributed by atoms with Gasteiger partial charge in [0.25, 0.3) is 0 Å². The van der Waals surface area contributed by atoms with Gasteiger partial charge in [0, 0.05) is 17.9 Å². The second kappa shape index (κ2) is 4.67. The number of carbonyl (C=O) groups excluding carboxylic acids is 1. The molecule has 20 heavy (non-hydrogen) atoms. The highest BCUT2D eigenvalue weighted by Gasteiger charge is 2.45. The number of hydrogen-bond donors (Lipinski definition) is 1. The van der Waals surface area contributed by atoms with E-state index in [1.54, 1.807) is 6.07 Å². The molecule has 1 aromatic carbocycles. The summed E-state index contributed by atoms with van der Waals surface area (Å²) in [5, 5.41) is 9.18.